The van der Waals surface area contributed by atoms with Gasteiger partial charge in [0.15, 0.2) is 0 Å². The number of anilines is 2. The van der Waals surface area contributed by atoms with E-state index >= 15 is 0 Å². The first-order valence-corrected chi connectivity index (χ1v) is 7.53. The predicted octanol–water partition coefficient (Wildman–Crippen LogP) is 3.14. The Morgan fingerprint density at radius 3 is 2.38 bits per heavy atom. The van der Waals surface area contributed by atoms with Crippen LogP contribution in [0.15, 0.2) is 42.6 Å². The molecule has 126 valence electrons. The SMILES string of the molecule is COC(=O)c1ccccc1Nc1ccc(C(=O)NC(C)(C)C)nc1. The molecule has 0 unspecified atom stereocenters. The highest BCUT2D eigenvalue weighted by molar-refractivity contribution is 5.96. The Morgan fingerprint density at radius 1 is 1.08 bits per heavy atom. The summed E-state index contributed by atoms with van der Waals surface area (Å²) in [6.45, 7) is 5.72. The van der Waals surface area contributed by atoms with Gasteiger partial charge in [-0.25, -0.2) is 9.78 Å². The maximum absolute atomic E-state index is 12.1. The molecule has 0 spiro atoms. The first-order chi connectivity index (χ1) is 11.3. The number of hydrogen-bond acceptors (Lipinski definition) is 5. The minimum absolute atomic E-state index is 0.232. The molecule has 0 aliphatic carbocycles. The fraction of sp³-hybridized carbons (Fsp3) is 0.278. The molecule has 1 amide bonds. The second kappa shape index (κ2) is 7.12. The molecule has 0 fully saturated rings. The lowest BCUT2D eigenvalue weighted by atomic mass is 10.1. The van der Waals surface area contributed by atoms with E-state index < -0.39 is 5.97 Å². The van der Waals surface area contributed by atoms with Crippen LogP contribution in [-0.4, -0.2) is 29.5 Å². The zero-order valence-corrected chi connectivity index (χ0v) is 14.2. The van der Waals surface area contributed by atoms with Gasteiger partial charge in [-0.3, -0.25) is 4.79 Å². The van der Waals surface area contributed by atoms with E-state index in [1.807, 2.05) is 26.8 Å². The number of carbonyl (C=O) groups is 2. The normalized spacial score (nSPS) is 10.8. The molecule has 0 saturated carbocycles. The number of rotatable bonds is 4. The highest BCUT2D eigenvalue weighted by Crippen LogP contribution is 2.21. The van der Waals surface area contributed by atoms with Gasteiger partial charge in [-0.15, -0.1) is 0 Å². The van der Waals surface area contributed by atoms with Gasteiger partial charge in [0.05, 0.1) is 30.2 Å². The molecule has 6 heteroatoms. The number of benzene rings is 1. The van der Waals surface area contributed by atoms with Crippen LogP contribution in [0, 0.1) is 0 Å². The number of carbonyl (C=O) groups excluding carboxylic acids is 2. The summed E-state index contributed by atoms with van der Waals surface area (Å²) < 4.78 is 4.76. The number of nitrogens with zero attached hydrogens (tertiary/aromatic N) is 1. The number of para-hydroxylation sites is 1. The van der Waals surface area contributed by atoms with Gasteiger partial charge in [0, 0.05) is 5.54 Å². The first kappa shape index (κ1) is 17.5. The maximum atomic E-state index is 12.1. The molecule has 1 heterocycles. The summed E-state index contributed by atoms with van der Waals surface area (Å²) in [5, 5.41) is 5.96. The summed E-state index contributed by atoms with van der Waals surface area (Å²) in [5.41, 5.74) is 1.71. The lowest BCUT2D eigenvalue weighted by molar-refractivity contribution is 0.0601. The molecule has 2 rings (SSSR count). The standard InChI is InChI=1S/C18H21N3O3/c1-18(2,3)21-16(22)15-10-9-12(11-19-15)20-14-8-6-5-7-13(14)17(23)24-4/h5-11,20H,1-4H3,(H,21,22). The van der Waals surface area contributed by atoms with Crippen LogP contribution in [-0.2, 0) is 4.74 Å². The highest BCUT2D eigenvalue weighted by Gasteiger charge is 2.16. The molecular formula is C18H21N3O3. The van der Waals surface area contributed by atoms with E-state index in [9.17, 15) is 9.59 Å². The molecule has 6 nitrogen and oxygen atoms in total. The minimum Gasteiger partial charge on any atom is -0.465 e. The second-order valence-corrected chi connectivity index (χ2v) is 6.30. The first-order valence-electron chi connectivity index (χ1n) is 7.53. The van der Waals surface area contributed by atoms with Gasteiger partial charge in [-0.2, -0.15) is 0 Å². The van der Waals surface area contributed by atoms with Crippen LogP contribution in [0.2, 0.25) is 0 Å². The topological polar surface area (TPSA) is 80.3 Å². The predicted molar refractivity (Wildman–Crippen MR) is 92.5 cm³/mol. The fourth-order valence-electron chi connectivity index (χ4n) is 2.04. The third kappa shape index (κ3) is 4.55. The zero-order chi connectivity index (χ0) is 17.7. The van der Waals surface area contributed by atoms with Gasteiger partial charge in [-0.1, -0.05) is 12.1 Å². The molecule has 2 aromatic rings. The molecule has 0 radical (unpaired) electrons. The Balaban J connectivity index is 2.16. The Hall–Kier alpha value is -2.89. The second-order valence-electron chi connectivity index (χ2n) is 6.30. The highest BCUT2D eigenvalue weighted by atomic mass is 16.5. The van der Waals surface area contributed by atoms with Crippen LogP contribution in [0.25, 0.3) is 0 Å². The van der Waals surface area contributed by atoms with E-state index in [1.54, 1.807) is 36.5 Å². The van der Waals surface area contributed by atoms with Crippen molar-refractivity contribution in [3.8, 4) is 0 Å². The van der Waals surface area contributed by atoms with Crippen molar-refractivity contribution < 1.29 is 14.3 Å². The van der Waals surface area contributed by atoms with Gasteiger partial charge >= 0.3 is 5.97 Å². The van der Waals surface area contributed by atoms with Crippen molar-refractivity contribution in [3.63, 3.8) is 0 Å². The van der Waals surface area contributed by atoms with Crippen LogP contribution in [0.3, 0.4) is 0 Å². The molecule has 0 bridgehead atoms. The van der Waals surface area contributed by atoms with Crippen molar-refractivity contribution in [1.82, 2.24) is 10.3 Å². The summed E-state index contributed by atoms with van der Waals surface area (Å²) in [6, 6.07) is 10.4. The molecule has 0 saturated heterocycles. The van der Waals surface area contributed by atoms with Gasteiger partial charge in [0.1, 0.15) is 5.69 Å². The molecule has 0 atom stereocenters. The van der Waals surface area contributed by atoms with Gasteiger partial charge in [0.25, 0.3) is 5.91 Å². The average Bonchev–Trinajstić information content (AvgIpc) is 2.53. The van der Waals surface area contributed by atoms with E-state index in [-0.39, 0.29) is 11.4 Å². The van der Waals surface area contributed by atoms with Crippen molar-refractivity contribution in [1.29, 1.82) is 0 Å². The molecule has 1 aromatic heterocycles. The van der Waals surface area contributed by atoms with Gasteiger partial charge in [-0.05, 0) is 45.0 Å². The van der Waals surface area contributed by atoms with E-state index in [4.69, 9.17) is 4.74 Å². The molecule has 24 heavy (non-hydrogen) atoms. The third-order valence-electron chi connectivity index (χ3n) is 3.10. The van der Waals surface area contributed by atoms with Crippen molar-refractivity contribution in [2.75, 3.05) is 12.4 Å². The van der Waals surface area contributed by atoms with Crippen LogP contribution >= 0.6 is 0 Å². The lowest BCUT2D eigenvalue weighted by Gasteiger charge is -2.20. The fourth-order valence-corrected chi connectivity index (χ4v) is 2.04. The van der Waals surface area contributed by atoms with Crippen LogP contribution < -0.4 is 10.6 Å². The van der Waals surface area contributed by atoms with Gasteiger partial charge in [0.2, 0.25) is 0 Å². The van der Waals surface area contributed by atoms with E-state index in [0.717, 1.165) is 0 Å². The number of esters is 1. The number of ether oxygens (including phenoxy) is 1. The number of pyridine rings is 1. The van der Waals surface area contributed by atoms with Crippen molar-refractivity contribution in [2.45, 2.75) is 26.3 Å². The third-order valence-corrected chi connectivity index (χ3v) is 3.10. The van der Waals surface area contributed by atoms with E-state index in [0.29, 0.717) is 22.6 Å². The van der Waals surface area contributed by atoms with Crippen LogP contribution in [0.5, 0.6) is 0 Å². The molecular weight excluding hydrogens is 306 g/mol. The lowest BCUT2D eigenvalue weighted by Crippen LogP contribution is -2.40. The Bertz CT molecular complexity index is 734. The average molecular weight is 327 g/mol. The Morgan fingerprint density at radius 2 is 1.79 bits per heavy atom. The summed E-state index contributed by atoms with van der Waals surface area (Å²) in [4.78, 5) is 28.0. The molecule has 0 aliphatic heterocycles. The van der Waals surface area contributed by atoms with E-state index in [1.165, 1.54) is 7.11 Å². The zero-order valence-electron chi connectivity index (χ0n) is 14.2. The Kier molecular flexibility index (Phi) is 5.18. The summed E-state index contributed by atoms with van der Waals surface area (Å²) in [5.74, 6) is -0.656. The largest absolute Gasteiger partial charge is 0.465 e. The summed E-state index contributed by atoms with van der Waals surface area (Å²) >= 11 is 0. The van der Waals surface area contributed by atoms with Crippen LogP contribution in [0.1, 0.15) is 41.6 Å². The number of aromatic nitrogens is 1. The van der Waals surface area contributed by atoms with E-state index in [2.05, 4.69) is 15.6 Å². The number of hydrogen-bond donors (Lipinski definition) is 2. The van der Waals surface area contributed by atoms with Crippen molar-refractivity contribution in [2.24, 2.45) is 0 Å². The number of methoxy groups -OCH3 is 1. The monoisotopic (exact) mass is 327 g/mol. The molecule has 2 N–H and O–H groups in total. The quantitative estimate of drug-likeness (QED) is 0.843. The number of amides is 1. The number of nitrogens with one attached hydrogen (secondary N) is 2. The molecule has 1 aromatic carbocycles. The summed E-state index contributed by atoms with van der Waals surface area (Å²) in [6.07, 6.45) is 1.55. The molecule has 0 aliphatic rings. The maximum Gasteiger partial charge on any atom is 0.339 e. The Labute approximate surface area is 141 Å². The van der Waals surface area contributed by atoms with Crippen LogP contribution in [0.4, 0.5) is 11.4 Å². The summed E-state index contributed by atoms with van der Waals surface area (Å²) in [7, 11) is 1.34. The van der Waals surface area contributed by atoms with Crippen molar-refractivity contribution in [3.05, 3.63) is 53.9 Å². The minimum atomic E-state index is -0.424. The smallest absolute Gasteiger partial charge is 0.339 e. The van der Waals surface area contributed by atoms with Gasteiger partial charge < -0.3 is 15.4 Å². The van der Waals surface area contributed by atoms with Crippen molar-refractivity contribution >= 4 is 23.3 Å².